The van der Waals surface area contributed by atoms with Crippen molar-refractivity contribution >= 4 is 0 Å². The van der Waals surface area contributed by atoms with Crippen LogP contribution >= 0.6 is 0 Å². The first-order valence-electron chi connectivity index (χ1n) is 5.42. The van der Waals surface area contributed by atoms with Gasteiger partial charge in [-0.05, 0) is 19.3 Å². The van der Waals surface area contributed by atoms with E-state index in [9.17, 15) is 0 Å². The molecule has 0 unspecified atom stereocenters. The molecule has 1 N–H and O–H groups in total. The zero-order valence-electron chi connectivity index (χ0n) is 7.63. The molecular formula is C10H18N2. The van der Waals surface area contributed by atoms with Gasteiger partial charge < -0.3 is 5.32 Å². The van der Waals surface area contributed by atoms with Gasteiger partial charge in [-0.2, -0.15) is 0 Å². The van der Waals surface area contributed by atoms with Crippen LogP contribution in [-0.2, 0) is 0 Å². The highest BCUT2D eigenvalue weighted by atomic mass is 15.3. The Labute approximate surface area is 74.3 Å². The van der Waals surface area contributed by atoms with Gasteiger partial charge in [0.1, 0.15) is 0 Å². The number of hydrogen-bond acceptors (Lipinski definition) is 2. The topological polar surface area (TPSA) is 15.3 Å². The highest BCUT2D eigenvalue weighted by Crippen LogP contribution is 2.32. The number of nitrogens with zero attached hydrogens (tertiary/aromatic N) is 1. The van der Waals surface area contributed by atoms with Crippen molar-refractivity contribution in [3.8, 4) is 0 Å². The van der Waals surface area contributed by atoms with E-state index < -0.39 is 0 Å². The van der Waals surface area contributed by atoms with E-state index in [2.05, 4.69) is 10.2 Å². The van der Waals surface area contributed by atoms with E-state index in [1.54, 1.807) is 0 Å². The number of likely N-dealkylation sites (tertiary alicyclic amines) is 1. The fraction of sp³-hybridized carbons (Fsp3) is 1.00. The quantitative estimate of drug-likeness (QED) is 0.624. The van der Waals surface area contributed by atoms with Crippen molar-refractivity contribution in [1.82, 2.24) is 10.2 Å². The van der Waals surface area contributed by atoms with Crippen LogP contribution in [-0.4, -0.2) is 36.1 Å². The van der Waals surface area contributed by atoms with Crippen LogP contribution in [0.5, 0.6) is 0 Å². The van der Waals surface area contributed by atoms with Crippen LogP contribution in [0.15, 0.2) is 0 Å². The van der Waals surface area contributed by atoms with Gasteiger partial charge in [0.25, 0.3) is 0 Å². The van der Waals surface area contributed by atoms with E-state index in [0.29, 0.717) is 0 Å². The highest BCUT2D eigenvalue weighted by Gasteiger charge is 2.41. The van der Waals surface area contributed by atoms with Crippen LogP contribution in [0.2, 0.25) is 0 Å². The number of rotatable bonds is 1. The third-order valence-electron chi connectivity index (χ3n) is 3.89. The van der Waals surface area contributed by atoms with Gasteiger partial charge in [-0.15, -0.1) is 0 Å². The fourth-order valence-electron chi connectivity index (χ4n) is 3.28. The summed E-state index contributed by atoms with van der Waals surface area (Å²) in [6.45, 7) is 2.61. The molecule has 2 bridgehead atoms. The molecule has 3 aliphatic rings. The van der Waals surface area contributed by atoms with Crippen molar-refractivity contribution in [3.05, 3.63) is 0 Å². The molecule has 2 saturated heterocycles. The zero-order valence-corrected chi connectivity index (χ0v) is 7.63. The fourth-order valence-corrected chi connectivity index (χ4v) is 3.28. The Bertz CT molecular complexity index is 175. The molecular weight excluding hydrogens is 148 g/mol. The van der Waals surface area contributed by atoms with Crippen molar-refractivity contribution in [1.29, 1.82) is 0 Å². The second-order valence-electron chi connectivity index (χ2n) is 4.63. The van der Waals surface area contributed by atoms with Crippen molar-refractivity contribution in [2.75, 3.05) is 13.1 Å². The van der Waals surface area contributed by atoms with Crippen molar-refractivity contribution in [2.24, 2.45) is 0 Å². The number of nitrogens with one attached hydrogen (secondary N) is 1. The predicted octanol–water partition coefficient (Wildman–Crippen LogP) is 0.975. The maximum atomic E-state index is 3.57. The second kappa shape index (κ2) is 2.71. The van der Waals surface area contributed by atoms with Gasteiger partial charge in [-0.1, -0.05) is 12.8 Å². The van der Waals surface area contributed by atoms with E-state index in [1.165, 1.54) is 45.2 Å². The highest BCUT2D eigenvalue weighted by molar-refractivity contribution is 5.00. The Morgan fingerprint density at radius 2 is 1.92 bits per heavy atom. The van der Waals surface area contributed by atoms with E-state index in [4.69, 9.17) is 0 Å². The normalized spacial score (nSPS) is 43.0. The Kier molecular flexibility index (Phi) is 1.66. The van der Waals surface area contributed by atoms with Crippen molar-refractivity contribution in [2.45, 2.75) is 50.2 Å². The van der Waals surface area contributed by atoms with Crippen molar-refractivity contribution < 1.29 is 0 Å². The van der Waals surface area contributed by atoms with E-state index in [-0.39, 0.29) is 0 Å². The van der Waals surface area contributed by atoms with Gasteiger partial charge >= 0.3 is 0 Å². The standard InChI is InChI=1S/C10H18N2/c1-2-4-9(3-1)12-7-8-5-10(12)6-11-8/h8-11H,1-7H2/t8-,10-/m0/s1. The maximum absolute atomic E-state index is 3.57. The molecule has 0 aromatic carbocycles. The molecule has 0 amide bonds. The molecule has 12 heavy (non-hydrogen) atoms. The van der Waals surface area contributed by atoms with Crippen molar-refractivity contribution in [3.63, 3.8) is 0 Å². The largest absolute Gasteiger partial charge is 0.311 e. The summed E-state index contributed by atoms with van der Waals surface area (Å²) in [6.07, 6.45) is 7.33. The summed E-state index contributed by atoms with van der Waals surface area (Å²) in [5.41, 5.74) is 0. The molecule has 2 nitrogen and oxygen atoms in total. The Morgan fingerprint density at radius 1 is 1.08 bits per heavy atom. The molecule has 3 rings (SSSR count). The van der Waals surface area contributed by atoms with Crippen LogP contribution in [0.3, 0.4) is 0 Å². The summed E-state index contributed by atoms with van der Waals surface area (Å²) >= 11 is 0. The lowest BCUT2D eigenvalue weighted by atomic mass is 10.2. The molecule has 1 aliphatic carbocycles. The van der Waals surface area contributed by atoms with Gasteiger partial charge in [-0.25, -0.2) is 0 Å². The summed E-state index contributed by atoms with van der Waals surface area (Å²) in [6, 6.07) is 2.70. The molecule has 0 aromatic heterocycles. The first kappa shape index (κ1) is 7.34. The van der Waals surface area contributed by atoms with Gasteiger partial charge in [0.2, 0.25) is 0 Å². The average molecular weight is 166 g/mol. The van der Waals surface area contributed by atoms with E-state index >= 15 is 0 Å². The Hall–Kier alpha value is -0.0800. The SMILES string of the molecule is C1CCC(N2C[C@@H]3C[C@H]2CN3)C1. The summed E-state index contributed by atoms with van der Waals surface area (Å²) in [4.78, 5) is 2.79. The summed E-state index contributed by atoms with van der Waals surface area (Å²) in [5, 5.41) is 3.57. The van der Waals surface area contributed by atoms with Crippen LogP contribution < -0.4 is 5.32 Å². The molecule has 2 atom stereocenters. The van der Waals surface area contributed by atoms with Gasteiger partial charge in [-0.3, -0.25) is 4.90 Å². The summed E-state index contributed by atoms with van der Waals surface area (Å²) in [5.74, 6) is 0. The number of hydrogen-bond donors (Lipinski definition) is 1. The molecule has 3 fully saturated rings. The first-order valence-corrected chi connectivity index (χ1v) is 5.42. The maximum Gasteiger partial charge on any atom is 0.0239 e. The molecule has 1 saturated carbocycles. The second-order valence-corrected chi connectivity index (χ2v) is 4.63. The minimum atomic E-state index is 0.843. The summed E-state index contributed by atoms with van der Waals surface area (Å²) in [7, 11) is 0. The molecule has 68 valence electrons. The molecule has 0 aromatic rings. The average Bonchev–Trinajstić information content (AvgIpc) is 2.81. The van der Waals surface area contributed by atoms with Crippen LogP contribution in [0.1, 0.15) is 32.1 Å². The lowest BCUT2D eigenvalue weighted by Gasteiger charge is -2.32. The van der Waals surface area contributed by atoms with Crippen LogP contribution in [0, 0.1) is 0 Å². The lowest BCUT2D eigenvalue weighted by molar-refractivity contribution is 0.161. The lowest BCUT2D eigenvalue weighted by Crippen LogP contribution is -2.47. The Morgan fingerprint density at radius 3 is 2.50 bits per heavy atom. The molecule has 0 radical (unpaired) electrons. The van der Waals surface area contributed by atoms with Gasteiger partial charge in [0, 0.05) is 31.2 Å². The summed E-state index contributed by atoms with van der Waals surface area (Å²) < 4.78 is 0. The number of piperazine rings is 1. The first-order chi connectivity index (χ1) is 5.93. The molecule has 2 heteroatoms. The predicted molar refractivity (Wildman–Crippen MR) is 49.2 cm³/mol. The number of fused-ring (bicyclic) bond motifs is 2. The van der Waals surface area contributed by atoms with Gasteiger partial charge in [0.15, 0.2) is 0 Å². The third kappa shape index (κ3) is 1.01. The molecule has 2 aliphatic heterocycles. The van der Waals surface area contributed by atoms with E-state index in [1.807, 2.05) is 0 Å². The Balaban J connectivity index is 1.69. The zero-order chi connectivity index (χ0) is 7.97. The minimum absolute atomic E-state index is 0.843. The minimum Gasteiger partial charge on any atom is -0.311 e. The third-order valence-corrected chi connectivity index (χ3v) is 3.89. The van der Waals surface area contributed by atoms with Crippen LogP contribution in [0.25, 0.3) is 0 Å². The monoisotopic (exact) mass is 166 g/mol. The molecule has 2 heterocycles. The molecule has 0 spiro atoms. The van der Waals surface area contributed by atoms with Gasteiger partial charge in [0.05, 0.1) is 0 Å². The van der Waals surface area contributed by atoms with Crippen LogP contribution in [0.4, 0.5) is 0 Å². The van der Waals surface area contributed by atoms with E-state index in [0.717, 1.165) is 18.1 Å². The smallest absolute Gasteiger partial charge is 0.0239 e.